The molecule has 0 aliphatic carbocycles. The van der Waals surface area contributed by atoms with Gasteiger partial charge in [-0.25, -0.2) is 0 Å². The van der Waals surface area contributed by atoms with E-state index >= 15 is 0 Å². The van der Waals surface area contributed by atoms with E-state index in [2.05, 4.69) is 27.5 Å². The Balaban J connectivity index is 1.68. The number of fused-ring (bicyclic) bond motifs is 3. The van der Waals surface area contributed by atoms with Gasteiger partial charge in [-0.1, -0.05) is 11.2 Å². The Morgan fingerprint density at radius 3 is 3.00 bits per heavy atom. The predicted molar refractivity (Wildman–Crippen MR) is 78.8 cm³/mol. The average molecular weight is 271 g/mol. The first-order chi connectivity index (χ1) is 9.83. The molecule has 2 aliphatic rings. The minimum absolute atomic E-state index is 0.726. The highest BCUT2D eigenvalue weighted by Gasteiger charge is 2.27. The molecule has 0 unspecified atom stereocenters. The fourth-order valence-corrected chi connectivity index (χ4v) is 3.66. The van der Waals surface area contributed by atoms with E-state index in [9.17, 15) is 0 Å². The van der Waals surface area contributed by atoms with Crippen LogP contribution in [0.1, 0.15) is 29.7 Å². The van der Waals surface area contributed by atoms with Gasteiger partial charge in [-0.3, -0.25) is 4.90 Å². The molecule has 2 aliphatic heterocycles. The van der Waals surface area contributed by atoms with Gasteiger partial charge in [0.2, 0.25) is 0 Å². The molecular weight excluding hydrogens is 250 g/mol. The van der Waals surface area contributed by atoms with Crippen LogP contribution in [0.4, 0.5) is 0 Å². The highest BCUT2D eigenvalue weighted by Crippen LogP contribution is 2.31. The molecule has 0 saturated carbocycles. The molecule has 4 rings (SSSR count). The summed E-state index contributed by atoms with van der Waals surface area (Å²) in [7, 11) is 0. The highest BCUT2D eigenvalue weighted by atomic mass is 16.5. The van der Waals surface area contributed by atoms with E-state index in [-0.39, 0.29) is 0 Å². The molecule has 4 heteroatoms. The molecule has 4 nitrogen and oxygen atoms in total. The summed E-state index contributed by atoms with van der Waals surface area (Å²) in [5, 5.41) is 8.77. The smallest absolute Gasteiger partial charge is 0.171 e. The molecule has 1 fully saturated rings. The highest BCUT2D eigenvalue weighted by molar-refractivity contribution is 5.83. The SMILES string of the molecule is Cc1noc2c3c(ccc12)CCN(C1CCNCC1)C3. The van der Waals surface area contributed by atoms with Crippen molar-refractivity contribution in [1.82, 2.24) is 15.4 Å². The molecule has 20 heavy (non-hydrogen) atoms. The quantitative estimate of drug-likeness (QED) is 0.863. The molecule has 0 bridgehead atoms. The van der Waals surface area contributed by atoms with Crippen LogP contribution in [0.5, 0.6) is 0 Å². The zero-order valence-corrected chi connectivity index (χ0v) is 12.0. The van der Waals surface area contributed by atoms with Crippen molar-refractivity contribution in [2.75, 3.05) is 19.6 Å². The lowest BCUT2D eigenvalue weighted by atomic mass is 9.94. The zero-order valence-electron chi connectivity index (χ0n) is 12.0. The van der Waals surface area contributed by atoms with Crippen molar-refractivity contribution in [3.8, 4) is 0 Å². The van der Waals surface area contributed by atoms with Crippen molar-refractivity contribution in [1.29, 1.82) is 0 Å². The molecule has 1 aromatic heterocycles. The number of hydrogen-bond acceptors (Lipinski definition) is 4. The van der Waals surface area contributed by atoms with Gasteiger partial charge in [0.1, 0.15) is 0 Å². The lowest BCUT2D eigenvalue weighted by Gasteiger charge is -2.37. The van der Waals surface area contributed by atoms with Crippen LogP contribution in [0.25, 0.3) is 11.0 Å². The first-order valence-electron chi connectivity index (χ1n) is 7.64. The number of aromatic nitrogens is 1. The third-order valence-corrected chi connectivity index (χ3v) is 4.88. The van der Waals surface area contributed by atoms with Gasteiger partial charge in [0.15, 0.2) is 5.58 Å². The topological polar surface area (TPSA) is 41.3 Å². The van der Waals surface area contributed by atoms with E-state index in [0.717, 1.165) is 43.4 Å². The van der Waals surface area contributed by atoms with Gasteiger partial charge in [0.25, 0.3) is 0 Å². The monoisotopic (exact) mass is 271 g/mol. The van der Waals surface area contributed by atoms with E-state index in [1.807, 2.05) is 6.92 Å². The van der Waals surface area contributed by atoms with Gasteiger partial charge in [-0.15, -0.1) is 0 Å². The maximum atomic E-state index is 5.59. The molecule has 0 radical (unpaired) electrons. The average Bonchev–Trinajstić information content (AvgIpc) is 2.89. The summed E-state index contributed by atoms with van der Waals surface area (Å²) in [6, 6.07) is 5.16. The predicted octanol–water partition coefficient (Wildman–Crippen LogP) is 2.25. The standard InChI is InChI=1S/C16H21N3O/c1-11-14-3-2-12-6-9-19(13-4-7-17-8-5-13)10-15(12)16(14)20-18-11/h2-3,13,17H,4-10H2,1H3. The Bertz CT molecular complexity index is 628. The summed E-state index contributed by atoms with van der Waals surface area (Å²) in [5.41, 5.74) is 4.83. The summed E-state index contributed by atoms with van der Waals surface area (Å²) >= 11 is 0. The van der Waals surface area contributed by atoms with Gasteiger partial charge in [0, 0.05) is 30.1 Å². The summed E-state index contributed by atoms with van der Waals surface area (Å²) in [6.07, 6.45) is 3.66. The molecule has 1 saturated heterocycles. The lowest BCUT2D eigenvalue weighted by Crippen LogP contribution is -2.45. The van der Waals surface area contributed by atoms with E-state index in [1.54, 1.807) is 0 Å². The van der Waals surface area contributed by atoms with Crippen LogP contribution in [0.3, 0.4) is 0 Å². The minimum Gasteiger partial charge on any atom is -0.356 e. The van der Waals surface area contributed by atoms with E-state index in [4.69, 9.17) is 4.52 Å². The molecule has 0 atom stereocenters. The lowest BCUT2D eigenvalue weighted by molar-refractivity contribution is 0.147. The molecule has 0 spiro atoms. The van der Waals surface area contributed by atoms with Crippen LogP contribution in [-0.4, -0.2) is 35.7 Å². The van der Waals surface area contributed by atoms with Crippen molar-refractivity contribution >= 4 is 11.0 Å². The number of nitrogens with one attached hydrogen (secondary N) is 1. The second-order valence-corrected chi connectivity index (χ2v) is 6.05. The first-order valence-corrected chi connectivity index (χ1v) is 7.64. The number of rotatable bonds is 1. The Hall–Kier alpha value is -1.39. The largest absolute Gasteiger partial charge is 0.356 e. The van der Waals surface area contributed by atoms with Crippen LogP contribution in [0.15, 0.2) is 16.7 Å². The van der Waals surface area contributed by atoms with Crippen molar-refractivity contribution in [3.63, 3.8) is 0 Å². The fourth-order valence-electron chi connectivity index (χ4n) is 3.66. The Morgan fingerprint density at radius 2 is 2.15 bits per heavy atom. The van der Waals surface area contributed by atoms with Crippen molar-refractivity contribution < 1.29 is 4.52 Å². The third kappa shape index (κ3) is 1.95. The number of benzene rings is 1. The van der Waals surface area contributed by atoms with Crippen molar-refractivity contribution in [3.05, 3.63) is 29.0 Å². The number of aryl methyl sites for hydroxylation is 1. The van der Waals surface area contributed by atoms with Crippen LogP contribution >= 0.6 is 0 Å². The molecule has 1 aromatic carbocycles. The maximum Gasteiger partial charge on any atom is 0.171 e. The minimum atomic E-state index is 0.726. The van der Waals surface area contributed by atoms with Crippen molar-refractivity contribution in [2.45, 2.75) is 38.8 Å². The number of nitrogens with zero attached hydrogens (tertiary/aromatic N) is 2. The van der Waals surface area contributed by atoms with Gasteiger partial charge >= 0.3 is 0 Å². The normalized spacial score (nSPS) is 21.2. The van der Waals surface area contributed by atoms with Gasteiger partial charge in [-0.2, -0.15) is 0 Å². The van der Waals surface area contributed by atoms with Crippen LogP contribution in [0, 0.1) is 6.92 Å². The second-order valence-electron chi connectivity index (χ2n) is 6.05. The second kappa shape index (κ2) is 4.86. The Morgan fingerprint density at radius 1 is 1.30 bits per heavy atom. The summed E-state index contributed by atoms with van der Waals surface area (Å²) in [6.45, 7) is 6.52. The van der Waals surface area contributed by atoms with Crippen molar-refractivity contribution in [2.24, 2.45) is 0 Å². The van der Waals surface area contributed by atoms with Crippen LogP contribution in [-0.2, 0) is 13.0 Å². The molecule has 3 heterocycles. The molecule has 106 valence electrons. The zero-order chi connectivity index (χ0) is 13.5. The van der Waals surface area contributed by atoms with Gasteiger partial charge < -0.3 is 9.84 Å². The molecular formula is C16H21N3O. The Kier molecular flexibility index (Phi) is 3.00. The summed E-state index contributed by atoms with van der Waals surface area (Å²) in [4.78, 5) is 2.64. The van der Waals surface area contributed by atoms with E-state index < -0.39 is 0 Å². The van der Waals surface area contributed by atoms with E-state index in [1.165, 1.54) is 35.9 Å². The molecule has 1 N–H and O–H groups in total. The summed E-state index contributed by atoms with van der Waals surface area (Å²) < 4.78 is 5.59. The molecule has 2 aromatic rings. The number of piperidine rings is 1. The van der Waals surface area contributed by atoms with E-state index in [0.29, 0.717) is 0 Å². The summed E-state index contributed by atoms with van der Waals surface area (Å²) in [5.74, 6) is 0. The van der Waals surface area contributed by atoms with Gasteiger partial charge in [-0.05, 0) is 50.9 Å². The fraction of sp³-hybridized carbons (Fsp3) is 0.562. The number of hydrogen-bond donors (Lipinski definition) is 1. The van der Waals surface area contributed by atoms with Crippen LogP contribution < -0.4 is 5.32 Å². The Labute approximate surface area is 119 Å². The van der Waals surface area contributed by atoms with Crippen LogP contribution in [0.2, 0.25) is 0 Å². The molecule has 0 amide bonds. The third-order valence-electron chi connectivity index (χ3n) is 4.88. The first kappa shape index (κ1) is 12.4. The maximum absolute atomic E-state index is 5.59. The van der Waals surface area contributed by atoms with Gasteiger partial charge in [0.05, 0.1) is 5.69 Å².